The zero-order valence-electron chi connectivity index (χ0n) is 11.3. The molecule has 6 nitrogen and oxygen atoms in total. The summed E-state index contributed by atoms with van der Waals surface area (Å²) in [5.41, 5.74) is 2.29. The van der Waals surface area contributed by atoms with Crippen LogP contribution in [0.4, 0.5) is 0 Å². The van der Waals surface area contributed by atoms with E-state index in [2.05, 4.69) is 24.9 Å². The summed E-state index contributed by atoms with van der Waals surface area (Å²) in [6, 6.07) is 9.66. The normalized spacial score (nSPS) is 12.0. The molecule has 2 aromatic heterocycles. The highest BCUT2D eigenvalue weighted by atomic mass is 32.1. The number of nitrogens with zero attached hydrogens (tertiary/aromatic N) is 3. The van der Waals surface area contributed by atoms with Gasteiger partial charge in [0.15, 0.2) is 5.69 Å². The van der Waals surface area contributed by atoms with Gasteiger partial charge in [-0.3, -0.25) is 4.79 Å². The van der Waals surface area contributed by atoms with E-state index in [1.54, 1.807) is 11.6 Å². The third-order valence-electron chi connectivity index (χ3n) is 3.03. The molecule has 0 aliphatic carbocycles. The SMILES string of the molecule is C[C@H](NC(=O)c1csnn1)c1ncc(-c2ccccc2)[nH]1. The van der Waals surface area contributed by atoms with Gasteiger partial charge in [-0.1, -0.05) is 34.8 Å². The first-order valence-corrected chi connectivity index (χ1v) is 7.26. The van der Waals surface area contributed by atoms with Crippen molar-refractivity contribution in [2.45, 2.75) is 13.0 Å². The van der Waals surface area contributed by atoms with Gasteiger partial charge < -0.3 is 10.3 Å². The van der Waals surface area contributed by atoms with E-state index < -0.39 is 0 Å². The van der Waals surface area contributed by atoms with Crippen molar-refractivity contribution in [3.8, 4) is 11.3 Å². The van der Waals surface area contributed by atoms with Gasteiger partial charge in [0.05, 0.1) is 17.9 Å². The molecule has 1 aromatic carbocycles. The standard InChI is InChI=1S/C14H13N5OS/c1-9(16-14(20)12-8-21-19-18-12)13-15-7-11(17-13)10-5-3-2-4-6-10/h2-9H,1H3,(H,15,17)(H,16,20)/t9-/m0/s1. The quantitative estimate of drug-likeness (QED) is 0.775. The molecule has 21 heavy (non-hydrogen) atoms. The van der Waals surface area contributed by atoms with E-state index >= 15 is 0 Å². The van der Waals surface area contributed by atoms with Crippen molar-refractivity contribution in [2.75, 3.05) is 0 Å². The number of hydrogen-bond acceptors (Lipinski definition) is 5. The molecule has 0 unspecified atom stereocenters. The summed E-state index contributed by atoms with van der Waals surface area (Å²) < 4.78 is 3.67. The first-order chi connectivity index (χ1) is 10.2. The highest BCUT2D eigenvalue weighted by Crippen LogP contribution is 2.18. The Morgan fingerprint density at radius 2 is 2.14 bits per heavy atom. The number of imidazole rings is 1. The van der Waals surface area contributed by atoms with Crippen LogP contribution in [0.2, 0.25) is 0 Å². The van der Waals surface area contributed by atoms with Gasteiger partial charge in [-0.05, 0) is 24.0 Å². The third-order valence-corrected chi connectivity index (χ3v) is 3.54. The van der Waals surface area contributed by atoms with Crippen LogP contribution in [0.3, 0.4) is 0 Å². The summed E-state index contributed by atoms with van der Waals surface area (Å²) in [5.74, 6) is 0.444. The van der Waals surface area contributed by atoms with Gasteiger partial charge >= 0.3 is 0 Å². The van der Waals surface area contributed by atoms with Crippen LogP contribution in [0, 0.1) is 0 Å². The highest BCUT2D eigenvalue weighted by molar-refractivity contribution is 7.03. The molecular weight excluding hydrogens is 286 g/mol. The lowest BCUT2D eigenvalue weighted by Gasteiger charge is -2.09. The zero-order chi connectivity index (χ0) is 14.7. The second-order valence-corrected chi connectivity index (χ2v) is 5.14. The molecule has 0 aliphatic heterocycles. The number of carbonyl (C=O) groups excluding carboxylic acids is 1. The lowest BCUT2D eigenvalue weighted by Crippen LogP contribution is -2.27. The molecule has 1 amide bonds. The predicted octanol–water partition coefficient (Wildman–Crippen LogP) is 2.42. The monoisotopic (exact) mass is 299 g/mol. The molecule has 1 atom stereocenters. The average Bonchev–Trinajstić information content (AvgIpc) is 3.20. The maximum atomic E-state index is 11.9. The summed E-state index contributed by atoms with van der Waals surface area (Å²) in [7, 11) is 0. The fourth-order valence-electron chi connectivity index (χ4n) is 1.92. The van der Waals surface area contributed by atoms with Gasteiger partial charge in [0.2, 0.25) is 0 Å². The van der Waals surface area contributed by atoms with Crippen molar-refractivity contribution >= 4 is 17.4 Å². The lowest BCUT2D eigenvalue weighted by molar-refractivity contribution is 0.0933. The van der Waals surface area contributed by atoms with Crippen LogP contribution in [0.25, 0.3) is 11.3 Å². The Bertz CT molecular complexity index is 723. The number of H-pyrrole nitrogens is 1. The number of rotatable bonds is 4. The number of nitrogens with one attached hydrogen (secondary N) is 2. The van der Waals surface area contributed by atoms with Crippen LogP contribution in [-0.4, -0.2) is 25.5 Å². The number of amides is 1. The summed E-state index contributed by atoms with van der Waals surface area (Å²) in [4.78, 5) is 19.5. The van der Waals surface area contributed by atoms with Gasteiger partial charge in [0.25, 0.3) is 5.91 Å². The molecule has 0 saturated carbocycles. The minimum Gasteiger partial charge on any atom is -0.341 e. The molecule has 0 fully saturated rings. The minimum absolute atomic E-state index is 0.239. The molecular formula is C14H13N5OS. The smallest absolute Gasteiger partial charge is 0.273 e. The molecule has 0 aliphatic rings. The van der Waals surface area contributed by atoms with E-state index in [0.29, 0.717) is 11.5 Å². The summed E-state index contributed by atoms with van der Waals surface area (Å²) >= 11 is 1.15. The Kier molecular flexibility index (Phi) is 3.74. The van der Waals surface area contributed by atoms with Crippen LogP contribution in [-0.2, 0) is 0 Å². The van der Waals surface area contributed by atoms with Gasteiger partial charge in [-0.25, -0.2) is 4.98 Å². The number of aromatic amines is 1. The Labute approximate surface area is 125 Å². The van der Waals surface area contributed by atoms with E-state index in [-0.39, 0.29) is 11.9 Å². The van der Waals surface area contributed by atoms with Crippen LogP contribution < -0.4 is 5.32 Å². The maximum Gasteiger partial charge on any atom is 0.273 e. The van der Waals surface area contributed by atoms with Gasteiger partial charge in [-0.15, -0.1) is 5.10 Å². The molecule has 2 N–H and O–H groups in total. The number of benzene rings is 1. The molecule has 0 saturated heterocycles. The van der Waals surface area contributed by atoms with Crippen molar-refractivity contribution in [3.05, 3.63) is 53.4 Å². The average molecular weight is 299 g/mol. The zero-order valence-corrected chi connectivity index (χ0v) is 12.1. The largest absolute Gasteiger partial charge is 0.341 e. The first kappa shape index (κ1) is 13.4. The molecule has 3 aromatic rings. The van der Waals surface area contributed by atoms with Crippen LogP contribution in [0.5, 0.6) is 0 Å². The fourth-order valence-corrected chi connectivity index (χ4v) is 2.36. The Morgan fingerprint density at radius 1 is 1.33 bits per heavy atom. The fraction of sp³-hybridized carbons (Fsp3) is 0.143. The van der Waals surface area contributed by atoms with Crippen molar-refractivity contribution in [1.82, 2.24) is 24.9 Å². The van der Waals surface area contributed by atoms with E-state index in [9.17, 15) is 4.79 Å². The number of aromatic nitrogens is 4. The highest BCUT2D eigenvalue weighted by Gasteiger charge is 2.16. The van der Waals surface area contributed by atoms with Crippen molar-refractivity contribution in [2.24, 2.45) is 0 Å². The maximum absolute atomic E-state index is 11.9. The minimum atomic E-state index is -0.256. The molecule has 0 radical (unpaired) electrons. The Hall–Kier alpha value is -2.54. The molecule has 2 heterocycles. The first-order valence-electron chi connectivity index (χ1n) is 6.42. The second-order valence-electron chi connectivity index (χ2n) is 4.53. The van der Waals surface area contributed by atoms with Gasteiger partial charge in [0, 0.05) is 5.38 Å². The van der Waals surface area contributed by atoms with Crippen molar-refractivity contribution < 1.29 is 4.79 Å². The van der Waals surface area contributed by atoms with Crippen LogP contribution in [0.15, 0.2) is 41.9 Å². The van der Waals surface area contributed by atoms with E-state index in [1.807, 2.05) is 37.3 Å². The summed E-state index contributed by atoms with van der Waals surface area (Å²) in [6.45, 7) is 1.87. The van der Waals surface area contributed by atoms with Crippen LogP contribution in [0.1, 0.15) is 29.3 Å². The van der Waals surface area contributed by atoms with E-state index in [1.165, 1.54) is 0 Å². The number of carbonyl (C=O) groups is 1. The Morgan fingerprint density at radius 3 is 2.86 bits per heavy atom. The second kappa shape index (κ2) is 5.84. The van der Waals surface area contributed by atoms with E-state index in [0.717, 1.165) is 22.8 Å². The van der Waals surface area contributed by atoms with Gasteiger partial charge in [0.1, 0.15) is 5.82 Å². The lowest BCUT2D eigenvalue weighted by atomic mass is 10.2. The Balaban J connectivity index is 1.73. The molecule has 7 heteroatoms. The van der Waals surface area contributed by atoms with Crippen molar-refractivity contribution in [1.29, 1.82) is 0 Å². The predicted molar refractivity (Wildman–Crippen MR) is 79.8 cm³/mol. The summed E-state index contributed by atoms with van der Waals surface area (Å²) in [6.07, 6.45) is 1.76. The molecule has 0 bridgehead atoms. The molecule has 106 valence electrons. The van der Waals surface area contributed by atoms with Gasteiger partial charge in [-0.2, -0.15) is 0 Å². The summed E-state index contributed by atoms with van der Waals surface area (Å²) in [5, 5.41) is 8.19. The molecule has 0 spiro atoms. The van der Waals surface area contributed by atoms with Crippen molar-refractivity contribution in [3.63, 3.8) is 0 Å². The van der Waals surface area contributed by atoms with E-state index in [4.69, 9.17) is 0 Å². The number of hydrogen-bond donors (Lipinski definition) is 2. The molecule has 3 rings (SSSR count). The van der Waals surface area contributed by atoms with Crippen LogP contribution >= 0.6 is 11.5 Å². The topological polar surface area (TPSA) is 83.6 Å². The third kappa shape index (κ3) is 2.97.